The van der Waals surface area contributed by atoms with Gasteiger partial charge in [0.15, 0.2) is 0 Å². The molecular formula is C13H19ClN2O2S. The Hall–Kier alpha value is -0.650. The summed E-state index contributed by atoms with van der Waals surface area (Å²) in [5.41, 5.74) is 0.992. The molecule has 0 N–H and O–H groups in total. The molecule has 1 saturated heterocycles. The van der Waals surface area contributed by atoms with Gasteiger partial charge in [0.25, 0.3) is 0 Å². The number of aryl methyl sites for hydroxylation is 1. The van der Waals surface area contributed by atoms with Gasteiger partial charge in [-0.2, -0.15) is 0 Å². The Kier molecular flexibility index (Phi) is 4.81. The van der Waals surface area contributed by atoms with E-state index in [-0.39, 0.29) is 11.1 Å². The molecule has 1 aromatic rings. The summed E-state index contributed by atoms with van der Waals surface area (Å²) in [5.74, 6) is 0.517. The molecule has 2 heterocycles. The molecular weight excluding hydrogens is 284 g/mol. The minimum Gasteiger partial charge on any atom is -0.265 e. The molecule has 0 radical (unpaired) electrons. The van der Waals surface area contributed by atoms with Crippen molar-refractivity contribution < 1.29 is 8.42 Å². The van der Waals surface area contributed by atoms with Crippen LogP contribution >= 0.6 is 11.6 Å². The van der Waals surface area contributed by atoms with Crippen molar-refractivity contribution in [1.82, 2.24) is 9.29 Å². The highest BCUT2D eigenvalue weighted by Crippen LogP contribution is 2.24. The van der Waals surface area contributed by atoms with Gasteiger partial charge in [0.1, 0.15) is 0 Å². The molecule has 2 rings (SSSR count). The molecule has 2 atom stereocenters. The van der Waals surface area contributed by atoms with Crippen molar-refractivity contribution >= 4 is 21.6 Å². The zero-order valence-corrected chi connectivity index (χ0v) is 12.6. The van der Waals surface area contributed by atoms with Crippen LogP contribution < -0.4 is 0 Å². The number of hydrogen-bond acceptors (Lipinski definition) is 3. The summed E-state index contributed by atoms with van der Waals surface area (Å²) in [4.78, 5) is 3.92. The second-order valence-electron chi connectivity index (χ2n) is 5.06. The quantitative estimate of drug-likeness (QED) is 0.798. The van der Waals surface area contributed by atoms with Gasteiger partial charge in [-0.25, -0.2) is 12.7 Å². The molecule has 0 aromatic carbocycles. The summed E-state index contributed by atoms with van der Waals surface area (Å²) in [6, 6.07) is 3.69. The average molecular weight is 303 g/mol. The van der Waals surface area contributed by atoms with Gasteiger partial charge in [0.05, 0.1) is 5.75 Å². The van der Waals surface area contributed by atoms with E-state index in [4.69, 9.17) is 11.6 Å². The Morgan fingerprint density at radius 3 is 2.74 bits per heavy atom. The van der Waals surface area contributed by atoms with Crippen molar-refractivity contribution in [1.29, 1.82) is 0 Å². The van der Waals surface area contributed by atoms with E-state index in [1.807, 2.05) is 12.1 Å². The van der Waals surface area contributed by atoms with E-state index < -0.39 is 10.0 Å². The van der Waals surface area contributed by atoms with Crippen molar-refractivity contribution in [2.45, 2.75) is 25.1 Å². The fourth-order valence-corrected chi connectivity index (χ4v) is 4.07. The first-order valence-electron chi connectivity index (χ1n) is 6.50. The third-order valence-corrected chi connectivity index (χ3v) is 6.03. The van der Waals surface area contributed by atoms with Gasteiger partial charge in [-0.3, -0.25) is 4.98 Å². The van der Waals surface area contributed by atoms with Crippen LogP contribution in [0.3, 0.4) is 0 Å². The van der Waals surface area contributed by atoms with Gasteiger partial charge >= 0.3 is 0 Å². The smallest absolute Gasteiger partial charge is 0.214 e. The Balaban J connectivity index is 1.95. The number of rotatable bonds is 4. The van der Waals surface area contributed by atoms with Crippen LogP contribution in [0, 0.1) is 5.92 Å². The van der Waals surface area contributed by atoms with Crippen molar-refractivity contribution in [2.75, 3.05) is 18.8 Å². The van der Waals surface area contributed by atoms with Crippen molar-refractivity contribution in [3.63, 3.8) is 0 Å². The second-order valence-corrected chi connectivity index (χ2v) is 7.71. The van der Waals surface area contributed by atoms with Crippen molar-refractivity contribution in [3.8, 4) is 0 Å². The summed E-state index contributed by atoms with van der Waals surface area (Å²) < 4.78 is 26.1. The molecule has 1 aliphatic rings. The van der Waals surface area contributed by atoms with E-state index in [9.17, 15) is 8.42 Å². The molecule has 0 amide bonds. The number of hydrogen-bond donors (Lipinski definition) is 0. The van der Waals surface area contributed by atoms with Crippen LogP contribution in [0.25, 0.3) is 0 Å². The summed E-state index contributed by atoms with van der Waals surface area (Å²) in [6.45, 7) is 3.09. The van der Waals surface area contributed by atoms with E-state index >= 15 is 0 Å². The first kappa shape index (κ1) is 14.8. The number of halogens is 1. The lowest BCUT2D eigenvalue weighted by Gasteiger charge is -2.33. The molecule has 1 aromatic heterocycles. The maximum Gasteiger partial charge on any atom is 0.214 e. The first-order chi connectivity index (χ1) is 8.99. The number of nitrogens with zero attached hydrogens (tertiary/aromatic N) is 2. The average Bonchev–Trinajstić information content (AvgIpc) is 2.41. The zero-order chi connectivity index (χ0) is 13.9. The highest BCUT2D eigenvalue weighted by atomic mass is 35.5. The van der Waals surface area contributed by atoms with Crippen LogP contribution in [-0.2, 0) is 16.4 Å². The number of piperidine rings is 1. The van der Waals surface area contributed by atoms with E-state index in [0.29, 0.717) is 25.4 Å². The Morgan fingerprint density at radius 2 is 2.11 bits per heavy atom. The second kappa shape index (κ2) is 6.20. The molecule has 0 spiro atoms. The molecule has 0 saturated carbocycles. The normalized spacial score (nSPS) is 25.4. The molecule has 2 unspecified atom stereocenters. The van der Waals surface area contributed by atoms with Crippen LogP contribution in [0.4, 0.5) is 0 Å². The molecule has 0 bridgehead atoms. The molecule has 19 heavy (non-hydrogen) atoms. The van der Waals surface area contributed by atoms with Gasteiger partial charge in [0, 0.05) is 30.9 Å². The van der Waals surface area contributed by atoms with Gasteiger partial charge in [-0.05, 0) is 36.5 Å². The summed E-state index contributed by atoms with van der Waals surface area (Å²) in [5, 5.41) is -0.0792. The van der Waals surface area contributed by atoms with Crippen LogP contribution in [0.2, 0.25) is 0 Å². The van der Waals surface area contributed by atoms with Crippen molar-refractivity contribution in [3.05, 3.63) is 30.1 Å². The van der Waals surface area contributed by atoms with E-state index in [1.54, 1.807) is 12.4 Å². The Bertz CT molecular complexity index is 507. The Morgan fingerprint density at radius 1 is 1.42 bits per heavy atom. The maximum absolute atomic E-state index is 12.3. The maximum atomic E-state index is 12.3. The van der Waals surface area contributed by atoms with Crippen molar-refractivity contribution in [2.24, 2.45) is 5.92 Å². The first-order valence-corrected chi connectivity index (χ1v) is 8.54. The highest BCUT2D eigenvalue weighted by molar-refractivity contribution is 7.89. The number of aromatic nitrogens is 1. The summed E-state index contributed by atoms with van der Waals surface area (Å²) >= 11 is 6.17. The lowest BCUT2D eigenvalue weighted by atomic mass is 10.0. The lowest BCUT2D eigenvalue weighted by molar-refractivity contribution is 0.293. The van der Waals surface area contributed by atoms with Gasteiger partial charge in [-0.15, -0.1) is 11.6 Å². The standard InChI is InChI=1S/C13H19ClN2O2S/c1-11-4-8-16(10-13(11)14)19(17,18)9-5-12-2-6-15-7-3-12/h2-3,6-7,11,13H,4-5,8-10H2,1H3. The molecule has 6 heteroatoms. The number of sulfonamides is 1. The monoisotopic (exact) mass is 302 g/mol. The van der Waals surface area contributed by atoms with E-state index in [0.717, 1.165) is 12.0 Å². The fraction of sp³-hybridized carbons (Fsp3) is 0.615. The largest absolute Gasteiger partial charge is 0.265 e. The minimum atomic E-state index is -3.21. The minimum absolute atomic E-state index is 0.0792. The third-order valence-electron chi connectivity index (χ3n) is 3.62. The lowest BCUT2D eigenvalue weighted by Crippen LogP contribution is -2.44. The van der Waals surface area contributed by atoms with Crippen LogP contribution in [-0.4, -0.2) is 41.9 Å². The summed E-state index contributed by atoms with van der Waals surface area (Å²) in [7, 11) is -3.21. The molecule has 0 aliphatic carbocycles. The fourth-order valence-electron chi connectivity index (χ4n) is 2.17. The molecule has 1 aliphatic heterocycles. The van der Waals surface area contributed by atoms with Gasteiger partial charge in [-0.1, -0.05) is 6.92 Å². The van der Waals surface area contributed by atoms with E-state index in [1.165, 1.54) is 4.31 Å². The topological polar surface area (TPSA) is 50.3 Å². The molecule has 106 valence electrons. The van der Waals surface area contributed by atoms with E-state index in [2.05, 4.69) is 11.9 Å². The zero-order valence-electron chi connectivity index (χ0n) is 11.0. The SMILES string of the molecule is CC1CCN(S(=O)(=O)CCc2ccncc2)CC1Cl. The Labute approximate surface area is 119 Å². The predicted octanol–water partition coefficient (Wildman–Crippen LogP) is 1.90. The molecule has 1 fully saturated rings. The van der Waals surface area contributed by atoms with Gasteiger partial charge in [0.2, 0.25) is 10.0 Å². The summed E-state index contributed by atoms with van der Waals surface area (Å²) in [6.07, 6.45) is 4.71. The number of alkyl halides is 1. The predicted molar refractivity (Wildman–Crippen MR) is 76.7 cm³/mol. The van der Waals surface area contributed by atoms with Crippen LogP contribution in [0.5, 0.6) is 0 Å². The van der Waals surface area contributed by atoms with Crippen LogP contribution in [0.15, 0.2) is 24.5 Å². The highest BCUT2D eigenvalue weighted by Gasteiger charge is 2.31. The third kappa shape index (κ3) is 3.91. The van der Waals surface area contributed by atoms with Gasteiger partial charge < -0.3 is 0 Å². The molecule has 4 nitrogen and oxygen atoms in total. The van der Waals surface area contributed by atoms with Crippen LogP contribution in [0.1, 0.15) is 18.9 Å². The number of pyridine rings is 1.